The Morgan fingerprint density at radius 2 is 2.32 bits per heavy atom. The van der Waals surface area contributed by atoms with Crippen LogP contribution in [0, 0.1) is 0 Å². The van der Waals surface area contributed by atoms with Gasteiger partial charge in [0.1, 0.15) is 11.9 Å². The molecule has 22 heavy (non-hydrogen) atoms. The SMILES string of the molecule is CCCc1nc([C@H]2CN(C(=O)CN(C)C3CC3)CCO2)n[nH]1. The lowest BCUT2D eigenvalue weighted by atomic mass is 10.2. The first-order valence-corrected chi connectivity index (χ1v) is 8.18. The van der Waals surface area contributed by atoms with E-state index in [4.69, 9.17) is 4.74 Å². The number of ether oxygens (including phenoxy) is 1. The Bertz CT molecular complexity index is 514. The largest absolute Gasteiger partial charge is 0.366 e. The van der Waals surface area contributed by atoms with Gasteiger partial charge in [-0.15, -0.1) is 0 Å². The number of H-pyrrole nitrogens is 1. The number of aromatic amines is 1. The maximum atomic E-state index is 12.4. The molecule has 1 saturated carbocycles. The Morgan fingerprint density at radius 1 is 1.50 bits per heavy atom. The fourth-order valence-corrected chi connectivity index (χ4v) is 2.79. The number of carbonyl (C=O) groups excluding carboxylic acids is 1. The van der Waals surface area contributed by atoms with Gasteiger partial charge in [0.15, 0.2) is 5.82 Å². The molecule has 1 aliphatic heterocycles. The molecule has 122 valence electrons. The van der Waals surface area contributed by atoms with Crippen molar-refractivity contribution < 1.29 is 9.53 Å². The van der Waals surface area contributed by atoms with Crippen molar-refractivity contribution in [1.82, 2.24) is 25.0 Å². The fourth-order valence-electron chi connectivity index (χ4n) is 2.79. The second-order valence-electron chi connectivity index (χ2n) is 6.24. The summed E-state index contributed by atoms with van der Waals surface area (Å²) in [4.78, 5) is 20.9. The Kier molecular flexibility index (Phi) is 4.73. The Labute approximate surface area is 131 Å². The molecule has 1 saturated heterocycles. The van der Waals surface area contributed by atoms with Crippen LogP contribution in [0.5, 0.6) is 0 Å². The molecule has 1 aromatic heterocycles. The van der Waals surface area contributed by atoms with Crippen molar-refractivity contribution in [3.63, 3.8) is 0 Å². The number of rotatable bonds is 6. The molecular formula is C15H25N5O2. The predicted octanol–water partition coefficient (Wildman–Crippen LogP) is 0.751. The number of aryl methyl sites for hydroxylation is 1. The molecule has 1 N–H and O–H groups in total. The number of amides is 1. The maximum absolute atomic E-state index is 12.4. The smallest absolute Gasteiger partial charge is 0.236 e. The summed E-state index contributed by atoms with van der Waals surface area (Å²) in [5, 5.41) is 7.19. The van der Waals surface area contributed by atoms with Crippen molar-refractivity contribution in [3.8, 4) is 0 Å². The summed E-state index contributed by atoms with van der Waals surface area (Å²) >= 11 is 0. The standard InChI is InChI=1S/C15H25N5O2/c1-3-4-13-16-15(18-17-13)12-9-20(7-8-22-12)14(21)10-19(2)11-5-6-11/h11-12H,3-10H2,1-2H3,(H,16,17,18)/t12-/m1/s1. The minimum Gasteiger partial charge on any atom is -0.366 e. The highest BCUT2D eigenvalue weighted by Crippen LogP contribution is 2.25. The van der Waals surface area contributed by atoms with E-state index in [1.54, 1.807) is 0 Å². The van der Waals surface area contributed by atoms with Crippen LogP contribution in [0.25, 0.3) is 0 Å². The van der Waals surface area contributed by atoms with Crippen molar-refractivity contribution in [2.45, 2.75) is 44.8 Å². The van der Waals surface area contributed by atoms with Gasteiger partial charge in [0.2, 0.25) is 5.91 Å². The van der Waals surface area contributed by atoms with Crippen LogP contribution >= 0.6 is 0 Å². The molecule has 2 fully saturated rings. The summed E-state index contributed by atoms with van der Waals surface area (Å²) in [6.07, 6.45) is 4.12. The second-order valence-corrected chi connectivity index (χ2v) is 6.24. The first-order valence-electron chi connectivity index (χ1n) is 8.18. The summed E-state index contributed by atoms with van der Waals surface area (Å²) in [5.41, 5.74) is 0. The normalized spacial score (nSPS) is 22.3. The molecule has 1 aromatic rings. The van der Waals surface area contributed by atoms with Gasteiger partial charge in [-0.25, -0.2) is 4.98 Å². The Morgan fingerprint density at radius 3 is 3.05 bits per heavy atom. The Balaban J connectivity index is 1.56. The van der Waals surface area contributed by atoms with Gasteiger partial charge in [0, 0.05) is 19.0 Å². The van der Waals surface area contributed by atoms with Crippen molar-refractivity contribution in [1.29, 1.82) is 0 Å². The molecule has 1 atom stereocenters. The van der Waals surface area contributed by atoms with Gasteiger partial charge >= 0.3 is 0 Å². The van der Waals surface area contributed by atoms with Crippen LogP contribution in [0.2, 0.25) is 0 Å². The zero-order valence-electron chi connectivity index (χ0n) is 13.4. The minimum absolute atomic E-state index is 0.173. The Hall–Kier alpha value is -1.47. The number of aromatic nitrogens is 3. The van der Waals surface area contributed by atoms with E-state index in [1.165, 1.54) is 12.8 Å². The lowest BCUT2D eigenvalue weighted by Crippen LogP contribution is -2.46. The van der Waals surface area contributed by atoms with Crippen LogP contribution in [0.3, 0.4) is 0 Å². The average molecular weight is 307 g/mol. The van der Waals surface area contributed by atoms with Gasteiger partial charge in [-0.1, -0.05) is 6.92 Å². The summed E-state index contributed by atoms with van der Waals surface area (Å²) in [6, 6.07) is 0.602. The van der Waals surface area contributed by atoms with Crippen molar-refractivity contribution in [2.24, 2.45) is 0 Å². The van der Waals surface area contributed by atoms with Gasteiger partial charge in [0.25, 0.3) is 0 Å². The lowest BCUT2D eigenvalue weighted by molar-refractivity contribution is -0.140. The van der Waals surface area contributed by atoms with Gasteiger partial charge in [-0.3, -0.25) is 14.8 Å². The molecule has 1 aliphatic carbocycles. The van der Waals surface area contributed by atoms with Crippen LogP contribution in [-0.2, 0) is 16.0 Å². The third-order valence-corrected chi connectivity index (χ3v) is 4.30. The molecule has 0 unspecified atom stereocenters. The molecule has 0 bridgehead atoms. The van der Waals surface area contributed by atoms with Crippen LogP contribution < -0.4 is 0 Å². The monoisotopic (exact) mass is 307 g/mol. The number of hydrogen-bond acceptors (Lipinski definition) is 5. The third-order valence-electron chi connectivity index (χ3n) is 4.30. The quantitative estimate of drug-likeness (QED) is 0.839. The van der Waals surface area contributed by atoms with Crippen LogP contribution in [0.1, 0.15) is 43.9 Å². The highest BCUT2D eigenvalue weighted by molar-refractivity contribution is 5.78. The summed E-state index contributed by atoms with van der Waals surface area (Å²) in [5.74, 6) is 1.72. The maximum Gasteiger partial charge on any atom is 0.236 e. The van der Waals surface area contributed by atoms with E-state index in [0.717, 1.165) is 18.7 Å². The molecule has 0 spiro atoms. The molecular weight excluding hydrogens is 282 g/mol. The van der Waals surface area contributed by atoms with Crippen LogP contribution in [-0.4, -0.2) is 70.2 Å². The minimum atomic E-state index is -0.217. The summed E-state index contributed by atoms with van der Waals surface area (Å²) in [6.45, 7) is 4.34. The molecule has 3 rings (SSSR count). The van der Waals surface area contributed by atoms with E-state index in [1.807, 2.05) is 11.9 Å². The zero-order chi connectivity index (χ0) is 15.5. The molecule has 2 heterocycles. The fraction of sp³-hybridized carbons (Fsp3) is 0.800. The van der Waals surface area contributed by atoms with Crippen LogP contribution in [0.15, 0.2) is 0 Å². The van der Waals surface area contributed by atoms with Crippen molar-refractivity contribution in [2.75, 3.05) is 33.3 Å². The number of likely N-dealkylation sites (N-methyl/N-ethyl adjacent to an activating group) is 1. The number of nitrogens with zero attached hydrogens (tertiary/aromatic N) is 4. The number of hydrogen-bond donors (Lipinski definition) is 1. The molecule has 7 nitrogen and oxygen atoms in total. The average Bonchev–Trinajstić information content (AvgIpc) is 3.28. The third kappa shape index (κ3) is 3.64. The number of nitrogens with one attached hydrogen (secondary N) is 1. The topological polar surface area (TPSA) is 74.3 Å². The van der Waals surface area contributed by atoms with Gasteiger partial charge < -0.3 is 9.64 Å². The van der Waals surface area contributed by atoms with Crippen molar-refractivity contribution >= 4 is 5.91 Å². The number of morpholine rings is 1. The van der Waals surface area contributed by atoms with E-state index in [2.05, 4.69) is 27.0 Å². The lowest BCUT2D eigenvalue weighted by Gasteiger charge is -2.32. The summed E-state index contributed by atoms with van der Waals surface area (Å²) in [7, 11) is 2.03. The van der Waals surface area contributed by atoms with Gasteiger partial charge in [0.05, 0.1) is 19.7 Å². The van der Waals surface area contributed by atoms with E-state index in [-0.39, 0.29) is 12.0 Å². The molecule has 0 radical (unpaired) electrons. The van der Waals surface area contributed by atoms with E-state index in [9.17, 15) is 4.79 Å². The van der Waals surface area contributed by atoms with Gasteiger partial charge in [-0.2, -0.15) is 5.10 Å². The van der Waals surface area contributed by atoms with E-state index in [0.29, 0.717) is 38.1 Å². The second kappa shape index (κ2) is 6.75. The first kappa shape index (κ1) is 15.4. The van der Waals surface area contributed by atoms with E-state index >= 15 is 0 Å². The zero-order valence-corrected chi connectivity index (χ0v) is 13.4. The van der Waals surface area contributed by atoms with Crippen molar-refractivity contribution in [3.05, 3.63) is 11.6 Å². The summed E-state index contributed by atoms with van der Waals surface area (Å²) < 4.78 is 5.75. The highest BCUT2D eigenvalue weighted by Gasteiger charge is 2.31. The number of carbonyl (C=O) groups is 1. The molecule has 2 aliphatic rings. The highest BCUT2D eigenvalue weighted by atomic mass is 16.5. The molecule has 1 amide bonds. The molecule has 7 heteroatoms. The predicted molar refractivity (Wildman–Crippen MR) is 81.3 cm³/mol. The first-order chi connectivity index (χ1) is 10.7. The van der Waals surface area contributed by atoms with Crippen LogP contribution in [0.4, 0.5) is 0 Å². The van der Waals surface area contributed by atoms with Gasteiger partial charge in [-0.05, 0) is 26.3 Å². The molecule has 0 aromatic carbocycles. The van der Waals surface area contributed by atoms with E-state index < -0.39 is 0 Å².